The predicted molar refractivity (Wildman–Crippen MR) is 83.3 cm³/mol. The Balaban J connectivity index is 2.32. The van der Waals surface area contributed by atoms with E-state index in [2.05, 4.69) is 0 Å². The minimum Gasteiger partial charge on any atom is -0.493 e. The maximum absolute atomic E-state index is 12.9. The lowest BCUT2D eigenvalue weighted by Gasteiger charge is -2.19. The molecular formula is C14H11ClF5NO3S. The fourth-order valence-electron chi connectivity index (χ4n) is 1.91. The highest BCUT2D eigenvalue weighted by molar-refractivity contribution is 7.21. The molecule has 0 saturated heterocycles. The third-order valence-electron chi connectivity index (χ3n) is 3.23. The van der Waals surface area contributed by atoms with Gasteiger partial charge in [0, 0.05) is 16.2 Å². The number of hydrogen-bond donors (Lipinski definition) is 1. The van der Waals surface area contributed by atoms with Crippen molar-refractivity contribution in [2.75, 3.05) is 20.8 Å². The molecule has 1 N–H and O–H groups in total. The van der Waals surface area contributed by atoms with Crippen molar-refractivity contribution < 1.29 is 36.2 Å². The molecule has 4 nitrogen and oxygen atoms in total. The van der Waals surface area contributed by atoms with Crippen LogP contribution in [0.15, 0.2) is 12.1 Å². The Labute approximate surface area is 147 Å². The number of thiophene rings is 1. The number of benzene rings is 1. The van der Waals surface area contributed by atoms with E-state index in [-0.39, 0.29) is 9.90 Å². The number of ether oxygens (including phenoxy) is 2. The average molecular weight is 404 g/mol. The summed E-state index contributed by atoms with van der Waals surface area (Å²) in [5.74, 6) is -5.50. The first-order valence-corrected chi connectivity index (χ1v) is 7.78. The summed E-state index contributed by atoms with van der Waals surface area (Å²) in [6.45, 7) is -1.88. The molecule has 1 heterocycles. The number of methoxy groups -OCH3 is 2. The summed E-state index contributed by atoms with van der Waals surface area (Å²) in [5.41, 5.74) is 0. The maximum atomic E-state index is 12.9. The Kier molecular flexibility index (Phi) is 5.33. The second-order valence-electron chi connectivity index (χ2n) is 4.83. The molecule has 1 aromatic heterocycles. The lowest BCUT2D eigenvalue weighted by Crippen LogP contribution is -2.46. The van der Waals surface area contributed by atoms with Crippen molar-refractivity contribution in [2.24, 2.45) is 0 Å². The van der Waals surface area contributed by atoms with Gasteiger partial charge in [0.1, 0.15) is 4.88 Å². The zero-order valence-electron chi connectivity index (χ0n) is 12.8. The largest absolute Gasteiger partial charge is 0.493 e. The molecule has 0 aliphatic heterocycles. The summed E-state index contributed by atoms with van der Waals surface area (Å²) in [6.07, 6.45) is -5.76. The molecule has 0 bridgehead atoms. The Morgan fingerprint density at radius 3 is 2.24 bits per heavy atom. The summed E-state index contributed by atoms with van der Waals surface area (Å²) in [4.78, 5) is 11.8. The van der Waals surface area contributed by atoms with E-state index in [9.17, 15) is 26.7 Å². The topological polar surface area (TPSA) is 47.6 Å². The molecule has 0 spiro atoms. The van der Waals surface area contributed by atoms with E-state index in [1.807, 2.05) is 0 Å². The molecule has 0 unspecified atom stereocenters. The van der Waals surface area contributed by atoms with E-state index < -0.39 is 24.6 Å². The van der Waals surface area contributed by atoms with Crippen LogP contribution in [0.4, 0.5) is 22.0 Å². The molecule has 1 aromatic carbocycles. The van der Waals surface area contributed by atoms with E-state index in [0.717, 1.165) is 11.3 Å². The number of halogens is 6. The minimum atomic E-state index is -5.76. The molecule has 1 amide bonds. The zero-order chi connectivity index (χ0) is 19.0. The lowest BCUT2D eigenvalue weighted by molar-refractivity contribution is -0.278. The van der Waals surface area contributed by atoms with Gasteiger partial charge in [0.2, 0.25) is 0 Å². The Hall–Kier alpha value is -1.81. The summed E-state index contributed by atoms with van der Waals surface area (Å²) < 4.78 is 72.9. The number of carbonyl (C=O) groups is 1. The number of alkyl halides is 5. The summed E-state index contributed by atoms with van der Waals surface area (Å²) in [7, 11) is 2.78. The van der Waals surface area contributed by atoms with Crippen LogP contribution >= 0.6 is 22.9 Å². The van der Waals surface area contributed by atoms with Crippen LogP contribution in [0.2, 0.25) is 5.02 Å². The highest BCUT2D eigenvalue weighted by Gasteiger charge is 2.57. The molecule has 0 radical (unpaired) electrons. The highest BCUT2D eigenvalue weighted by atomic mass is 35.5. The molecule has 0 fully saturated rings. The standard InChI is InChI=1S/C14H11ClF5NO3S/c1-23-7-3-6-9(4-8(7)24-2)25-11(10(6)15)12(22)21-5-13(16,17)14(18,19)20/h3-4H,5H2,1-2H3,(H,21,22). The molecule has 0 atom stereocenters. The molecule has 11 heteroatoms. The first kappa shape index (κ1) is 19.5. The van der Waals surface area contributed by atoms with Crippen LogP contribution in [0, 0.1) is 0 Å². The van der Waals surface area contributed by atoms with Crippen LogP contribution in [-0.2, 0) is 0 Å². The van der Waals surface area contributed by atoms with Gasteiger partial charge in [-0.25, -0.2) is 0 Å². The van der Waals surface area contributed by atoms with Crippen LogP contribution in [-0.4, -0.2) is 38.8 Å². The van der Waals surface area contributed by atoms with Crippen LogP contribution < -0.4 is 14.8 Å². The van der Waals surface area contributed by atoms with Gasteiger partial charge in [-0.3, -0.25) is 4.79 Å². The number of fused-ring (bicyclic) bond motifs is 1. The van der Waals surface area contributed by atoms with E-state index >= 15 is 0 Å². The van der Waals surface area contributed by atoms with Crippen molar-refractivity contribution >= 4 is 38.9 Å². The van der Waals surface area contributed by atoms with Gasteiger partial charge in [-0.15, -0.1) is 11.3 Å². The van der Waals surface area contributed by atoms with Crippen molar-refractivity contribution in [2.45, 2.75) is 12.1 Å². The summed E-state index contributed by atoms with van der Waals surface area (Å²) in [5, 5.41) is 1.87. The number of rotatable bonds is 5. The molecular weight excluding hydrogens is 393 g/mol. The zero-order valence-corrected chi connectivity index (χ0v) is 14.3. The molecule has 138 valence electrons. The molecule has 2 rings (SSSR count). The van der Waals surface area contributed by atoms with Crippen LogP contribution in [0.25, 0.3) is 10.1 Å². The second kappa shape index (κ2) is 6.83. The van der Waals surface area contributed by atoms with E-state index in [1.165, 1.54) is 26.4 Å². The monoisotopic (exact) mass is 403 g/mol. The molecule has 0 aliphatic rings. The Morgan fingerprint density at radius 2 is 1.72 bits per heavy atom. The Morgan fingerprint density at radius 1 is 1.16 bits per heavy atom. The summed E-state index contributed by atoms with van der Waals surface area (Å²) in [6, 6.07) is 3.00. The first-order valence-electron chi connectivity index (χ1n) is 6.58. The van der Waals surface area contributed by atoms with Crippen molar-refractivity contribution in [3.05, 3.63) is 22.0 Å². The van der Waals surface area contributed by atoms with Gasteiger partial charge < -0.3 is 14.8 Å². The number of carbonyl (C=O) groups excluding carboxylic acids is 1. The van der Waals surface area contributed by atoms with Crippen LogP contribution in [0.5, 0.6) is 11.5 Å². The predicted octanol–water partition coefficient (Wildman–Crippen LogP) is 4.50. The van der Waals surface area contributed by atoms with Crippen LogP contribution in [0.3, 0.4) is 0 Å². The van der Waals surface area contributed by atoms with Crippen molar-refractivity contribution in [3.8, 4) is 11.5 Å². The molecule has 0 aliphatic carbocycles. The van der Waals surface area contributed by atoms with E-state index in [0.29, 0.717) is 21.6 Å². The first-order chi connectivity index (χ1) is 11.5. The summed E-state index contributed by atoms with van der Waals surface area (Å²) >= 11 is 6.89. The van der Waals surface area contributed by atoms with Gasteiger partial charge in [0.15, 0.2) is 11.5 Å². The van der Waals surface area contributed by atoms with E-state index in [4.69, 9.17) is 21.1 Å². The Bertz CT molecular complexity index is 806. The maximum Gasteiger partial charge on any atom is 0.455 e. The fraction of sp³-hybridized carbons (Fsp3) is 0.357. The quantitative estimate of drug-likeness (QED) is 0.748. The molecule has 2 aromatic rings. The van der Waals surface area contributed by atoms with Gasteiger partial charge in [0.05, 0.1) is 25.8 Å². The number of amides is 1. The fourth-order valence-corrected chi connectivity index (χ4v) is 3.35. The second-order valence-corrected chi connectivity index (χ2v) is 6.26. The van der Waals surface area contributed by atoms with Gasteiger partial charge in [0.25, 0.3) is 5.91 Å². The number of nitrogens with one attached hydrogen (secondary N) is 1. The number of hydrogen-bond acceptors (Lipinski definition) is 4. The molecule has 25 heavy (non-hydrogen) atoms. The SMILES string of the molecule is COc1cc2sc(C(=O)NCC(F)(F)C(F)(F)F)c(Cl)c2cc1OC. The van der Waals surface area contributed by atoms with Gasteiger partial charge in [-0.05, 0) is 6.07 Å². The normalized spacial score (nSPS) is 12.3. The average Bonchev–Trinajstić information content (AvgIpc) is 2.86. The molecule has 0 saturated carbocycles. The van der Waals surface area contributed by atoms with Gasteiger partial charge in [-0.1, -0.05) is 11.6 Å². The van der Waals surface area contributed by atoms with Crippen molar-refractivity contribution in [1.29, 1.82) is 0 Å². The third kappa shape index (κ3) is 3.74. The highest BCUT2D eigenvalue weighted by Crippen LogP contribution is 2.42. The van der Waals surface area contributed by atoms with Crippen LogP contribution in [0.1, 0.15) is 9.67 Å². The smallest absolute Gasteiger partial charge is 0.455 e. The van der Waals surface area contributed by atoms with Crippen molar-refractivity contribution in [3.63, 3.8) is 0 Å². The minimum absolute atomic E-state index is 0.0752. The van der Waals surface area contributed by atoms with Gasteiger partial charge in [-0.2, -0.15) is 22.0 Å². The van der Waals surface area contributed by atoms with Gasteiger partial charge >= 0.3 is 12.1 Å². The lowest BCUT2D eigenvalue weighted by atomic mass is 10.2. The van der Waals surface area contributed by atoms with E-state index in [1.54, 1.807) is 5.32 Å². The van der Waals surface area contributed by atoms with Crippen molar-refractivity contribution in [1.82, 2.24) is 5.32 Å². The third-order valence-corrected chi connectivity index (χ3v) is 4.88.